The minimum Gasteiger partial charge on any atom is -0.399 e. The molecule has 0 aliphatic carbocycles. The number of H-pyrrole nitrogens is 1. The fourth-order valence-corrected chi connectivity index (χ4v) is 3.06. The zero-order valence-corrected chi connectivity index (χ0v) is 15.4. The normalized spacial score (nSPS) is 10.3. The van der Waals surface area contributed by atoms with E-state index in [-0.39, 0.29) is 0 Å². The van der Waals surface area contributed by atoms with Crippen molar-refractivity contribution in [1.82, 2.24) is 9.97 Å². The van der Waals surface area contributed by atoms with Crippen LogP contribution in [-0.4, -0.2) is 9.97 Å². The fraction of sp³-hybridized carbons (Fsp3) is 0. The van der Waals surface area contributed by atoms with E-state index in [1.165, 1.54) is 22.3 Å². The molecule has 1 heterocycles. The number of imidazole rings is 1. The first-order chi connectivity index (χ1) is 13.8. The number of benzene rings is 4. The predicted octanol–water partition coefficient (Wildman–Crippen LogP) is 6.17. The lowest BCUT2D eigenvalue weighted by atomic mass is 9.99. The number of aromatic nitrogens is 2. The highest BCUT2D eigenvalue weighted by Gasteiger charge is 2.01. The number of hydrogen-bond acceptors (Lipinski definition) is 2. The number of nitrogens with one attached hydrogen (secondary N) is 1. The van der Waals surface area contributed by atoms with Gasteiger partial charge in [0, 0.05) is 5.69 Å². The summed E-state index contributed by atoms with van der Waals surface area (Å²) in [6.07, 6.45) is 1.70. The predicted molar refractivity (Wildman–Crippen MR) is 118 cm³/mol. The third-order valence-corrected chi connectivity index (χ3v) is 4.54. The number of fused-ring (bicyclic) bond motifs is 1. The summed E-state index contributed by atoms with van der Waals surface area (Å²) in [5, 5.41) is 0. The van der Waals surface area contributed by atoms with Crippen molar-refractivity contribution in [1.29, 1.82) is 0 Å². The van der Waals surface area contributed by atoms with Crippen molar-refractivity contribution < 1.29 is 0 Å². The molecule has 0 fully saturated rings. The summed E-state index contributed by atoms with van der Waals surface area (Å²) in [5.41, 5.74) is 13.5. The number of aromatic amines is 1. The molecule has 1 aromatic heterocycles. The monoisotopic (exact) mass is 363 g/mol. The lowest BCUT2D eigenvalue weighted by molar-refractivity contribution is 1.34. The summed E-state index contributed by atoms with van der Waals surface area (Å²) in [6.45, 7) is 0. The molecule has 3 N–H and O–H groups in total. The van der Waals surface area contributed by atoms with Gasteiger partial charge in [0.15, 0.2) is 0 Å². The molecule has 3 nitrogen and oxygen atoms in total. The van der Waals surface area contributed by atoms with Crippen LogP contribution in [-0.2, 0) is 0 Å². The molecule has 0 aliphatic heterocycles. The van der Waals surface area contributed by atoms with Crippen LogP contribution in [0.25, 0.3) is 33.3 Å². The molecular formula is C25H21N3. The molecule has 28 heavy (non-hydrogen) atoms. The minimum absolute atomic E-state index is 0.794. The highest BCUT2D eigenvalue weighted by atomic mass is 14.9. The average molecular weight is 363 g/mol. The van der Waals surface area contributed by atoms with Crippen LogP contribution in [0.1, 0.15) is 0 Å². The quantitative estimate of drug-likeness (QED) is 0.369. The van der Waals surface area contributed by atoms with Crippen LogP contribution in [0, 0.1) is 0 Å². The summed E-state index contributed by atoms with van der Waals surface area (Å²) in [7, 11) is 0. The fourth-order valence-electron chi connectivity index (χ4n) is 3.06. The molecule has 0 atom stereocenters. The number of para-hydroxylation sites is 2. The van der Waals surface area contributed by atoms with Crippen molar-refractivity contribution >= 4 is 16.7 Å². The summed E-state index contributed by atoms with van der Waals surface area (Å²) >= 11 is 0. The van der Waals surface area contributed by atoms with Gasteiger partial charge in [0.1, 0.15) is 0 Å². The Bertz CT molecular complexity index is 1130. The van der Waals surface area contributed by atoms with Gasteiger partial charge >= 0.3 is 0 Å². The Morgan fingerprint density at radius 3 is 1.89 bits per heavy atom. The number of rotatable bonds is 2. The van der Waals surface area contributed by atoms with Gasteiger partial charge < -0.3 is 10.7 Å². The number of nitrogens with zero attached hydrogens (tertiary/aromatic N) is 1. The summed E-state index contributed by atoms with van der Waals surface area (Å²) < 4.78 is 0. The lowest BCUT2D eigenvalue weighted by Crippen LogP contribution is -1.84. The SMILES string of the molecule is Nc1ccc(-c2cccc(-c3ccccc3)c2)cc1.c1ccc2[nH]cnc2c1. The van der Waals surface area contributed by atoms with Gasteiger partial charge in [0.2, 0.25) is 0 Å². The summed E-state index contributed by atoms with van der Waals surface area (Å²) in [4.78, 5) is 7.07. The molecule has 0 bridgehead atoms. The number of hydrogen-bond donors (Lipinski definition) is 2. The first-order valence-electron chi connectivity index (χ1n) is 9.19. The Hall–Kier alpha value is -3.85. The molecule has 0 saturated heterocycles. The highest BCUT2D eigenvalue weighted by molar-refractivity contribution is 5.74. The van der Waals surface area contributed by atoms with E-state index >= 15 is 0 Å². The minimum atomic E-state index is 0.794. The molecule has 0 radical (unpaired) electrons. The van der Waals surface area contributed by atoms with Crippen molar-refractivity contribution in [2.24, 2.45) is 0 Å². The largest absolute Gasteiger partial charge is 0.399 e. The van der Waals surface area contributed by atoms with Crippen LogP contribution in [0.5, 0.6) is 0 Å². The molecular weight excluding hydrogens is 342 g/mol. The molecule has 4 aromatic carbocycles. The zero-order valence-electron chi connectivity index (χ0n) is 15.4. The van der Waals surface area contributed by atoms with Crippen LogP contribution < -0.4 is 5.73 Å². The van der Waals surface area contributed by atoms with Crippen molar-refractivity contribution in [3.63, 3.8) is 0 Å². The van der Waals surface area contributed by atoms with Crippen LogP contribution in [0.2, 0.25) is 0 Å². The van der Waals surface area contributed by atoms with Crippen molar-refractivity contribution in [3.8, 4) is 22.3 Å². The molecule has 5 aromatic rings. The zero-order chi connectivity index (χ0) is 19.2. The first kappa shape index (κ1) is 17.6. The van der Waals surface area contributed by atoms with Gasteiger partial charge in [0.05, 0.1) is 17.4 Å². The van der Waals surface area contributed by atoms with E-state index in [2.05, 4.69) is 70.6 Å². The van der Waals surface area contributed by atoms with Crippen LogP contribution in [0.4, 0.5) is 5.69 Å². The van der Waals surface area contributed by atoms with E-state index in [0.29, 0.717) is 0 Å². The van der Waals surface area contributed by atoms with Crippen molar-refractivity contribution in [2.45, 2.75) is 0 Å². The Balaban J connectivity index is 0.000000177. The topological polar surface area (TPSA) is 54.7 Å². The van der Waals surface area contributed by atoms with E-state index in [1.54, 1.807) is 6.33 Å². The van der Waals surface area contributed by atoms with Gasteiger partial charge in [-0.15, -0.1) is 0 Å². The van der Waals surface area contributed by atoms with Crippen molar-refractivity contribution in [2.75, 3.05) is 5.73 Å². The molecule has 0 saturated carbocycles. The van der Waals surface area contributed by atoms with Gasteiger partial charge in [-0.25, -0.2) is 4.98 Å². The summed E-state index contributed by atoms with van der Waals surface area (Å²) in [6, 6.07) is 34.9. The Labute approximate surface area is 164 Å². The lowest BCUT2D eigenvalue weighted by Gasteiger charge is -2.06. The maximum absolute atomic E-state index is 5.73. The smallest absolute Gasteiger partial charge is 0.0931 e. The second-order valence-electron chi connectivity index (χ2n) is 6.49. The second-order valence-corrected chi connectivity index (χ2v) is 6.49. The van der Waals surface area contributed by atoms with Gasteiger partial charge in [0.25, 0.3) is 0 Å². The summed E-state index contributed by atoms with van der Waals surface area (Å²) in [5.74, 6) is 0. The van der Waals surface area contributed by atoms with Crippen molar-refractivity contribution in [3.05, 3.63) is 109 Å². The van der Waals surface area contributed by atoms with E-state index in [0.717, 1.165) is 16.7 Å². The van der Waals surface area contributed by atoms with E-state index in [9.17, 15) is 0 Å². The molecule has 0 amide bonds. The standard InChI is InChI=1S/C18H15N.C7H6N2/c19-18-11-9-15(10-12-18)17-8-4-7-16(13-17)14-5-2-1-3-6-14;1-2-4-7-6(3-1)8-5-9-7/h1-13H,19H2;1-5H,(H,8,9). The van der Waals surface area contributed by atoms with Crippen LogP contribution in [0.3, 0.4) is 0 Å². The van der Waals surface area contributed by atoms with Gasteiger partial charge in [-0.05, 0) is 52.6 Å². The van der Waals surface area contributed by atoms with Gasteiger partial charge in [-0.1, -0.05) is 72.8 Å². The maximum Gasteiger partial charge on any atom is 0.0931 e. The third kappa shape index (κ3) is 4.10. The number of nitrogens with two attached hydrogens (primary N) is 1. The molecule has 0 aliphatic rings. The molecule has 0 spiro atoms. The maximum atomic E-state index is 5.73. The number of nitrogen functional groups attached to an aromatic ring is 1. The van der Waals surface area contributed by atoms with E-state index in [1.807, 2.05) is 42.5 Å². The Kier molecular flexibility index (Phi) is 5.16. The third-order valence-electron chi connectivity index (χ3n) is 4.54. The van der Waals surface area contributed by atoms with Gasteiger partial charge in [-0.2, -0.15) is 0 Å². The number of anilines is 1. The van der Waals surface area contributed by atoms with E-state index in [4.69, 9.17) is 5.73 Å². The Morgan fingerprint density at radius 2 is 1.18 bits per heavy atom. The van der Waals surface area contributed by atoms with Gasteiger partial charge in [-0.3, -0.25) is 0 Å². The highest BCUT2D eigenvalue weighted by Crippen LogP contribution is 2.26. The average Bonchev–Trinajstić information content (AvgIpc) is 3.24. The second kappa shape index (κ2) is 8.23. The molecule has 0 unspecified atom stereocenters. The first-order valence-corrected chi connectivity index (χ1v) is 9.19. The van der Waals surface area contributed by atoms with E-state index < -0.39 is 0 Å². The molecule has 136 valence electrons. The van der Waals surface area contributed by atoms with Crippen LogP contribution in [0.15, 0.2) is 109 Å². The Morgan fingerprint density at radius 1 is 0.571 bits per heavy atom. The molecule has 5 rings (SSSR count). The van der Waals surface area contributed by atoms with Crippen LogP contribution >= 0.6 is 0 Å². The molecule has 3 heteroatoms.